The molecule has 2 aromatic rings. The highest BCUT2D eigenvalue weighted by molar-refractivity contribution is 9.10. The minimum atomic E-state index is -0.374. The molecule has 0 aliphatic heterocycles. The monoisotopic (exact) mass is 306 g/mol. The molecule has 0 bridgehead atoms. The predicted octanol–water partition coefficient (Wildman–Crippen LogP) is 2.90. The average Bonchev–Trinajstić information content (AvgIpc) is 2.40. The molecule has 0 saturated carbocycles. The Kier molecular flexibility index (Phi) is 4.04. The van der Waals surface area contributed by atoms with Gasteiger partial charge >= 0.3 is 5.97 Å². The summed E-state index contributed by atoms with van der Waals surface area (Å²) in [5.74, 6) is -0.374. The van der Waals surface area contributed by atoms with Gasteiger partial charge in [-0.2, -0.15) is 0 Å². The molecular weight excluding hydrogens is 296 g/mol. The molecule has 0 aliphatic rings. The topological polar surface area (TPSA) is 52.1 Å². The fourth-order valence-electron chi connectivity index (χ4n) is 1.35. The Hall–Kier alpha value is -1.75. The van der Waals surface area contributed by atoms with Crippen molar-refractivity contribution in [2.75, 3.05) is 0 Å². The number of aryl methyl sites for hydroxylation is 1. The molecule has 0 fully saturated rings. The minimum absolute atomic E-state index is 0.123. The number of ether oxygens (including phenoxy) is 1. The van der Waals surface area contributed by atoms with E-state index < -0.39 is 0 Å². The molecule has 18 heavy (non-hydrogen) atoms. The number of esters is 1. The van der Waals surface area contributed by atoms with Crippen LogP contribution in [0.15, 0.2) is 41.3 Å². The van der Waals surface area contributed by atoms with Crippen LogP contribution in [0.4, 0.5) is 0 Å². The lowest BCUT2D eigenvalue weighted by Gasteiger charge is -2.05. The largest absolute Gasteiger partial charge is 0.456 e. The predicted molar refractivity (Wildman–Crippen MR) is 70.0 cm³/mol. The third kappa shape index (κ3) is 3.13. The molecule has 0 spiro atoms. The van der Waals surface area contributed by atoms with Crippen LogP contribution in [0.1, 0.15) is 21.6 Å². The lowest BCUT2D eigenvalue weighted by Crippen LogP contribution is -2.06. The van der Waals surface area contributed by atoms with Crippen LogP contribution < -0.4 is 0 Å². The summed E-state index contributed by atoms with van der Waals surface area (Å²) in [6, 6.07) is 5.34. The normalized spacial score (nSPS) is 10.1. The van der Waals surface area contributed by atoms with E-state index in [0.717, 1.165) is 10.0 Å². The zero-order valence-corrected chi connectivity index (χ0v) is 11.3. The third-order valence-corrected chi connectivity index (χ3v) is 3.23. The van der Waals surface area contributed by atoms with Crippen molar-refractivity contribution in [2.24, 2.45) is 0 Å². The van der Waals surface area contributed by atoms with E-state index in [1.807, 2.05) is 13.0 Å². The molecule has 5 heteroatoms. The Morgan fingerprint density at radius 1 is 1.39 bits per heavy atom. The van der Waals surface area contributed by atoms with Crippen molar-refractivity contribution in [3.8, 4) is 0 Å². The van der Waals surface area contributed by atoms with Gasteiger partial charge in [-0.25, -0.2) is 4.79 Å². The summed E-state index contributed by atoms with van der Waals surface area (Å²) in [5.41, 5.74) is 2.20. The minimum Gasteiger partial charge on any atom is -0.456 e. The number of hydrogen-bond acceptors (Lipinski definition) is 4. The van der Waals surface area contributed by atoms with Crippen LogP contribution >= 0.6 is 15.9 Å². The summed E-state index contributed by atoms with van der Waals surface area (Å²) < 4.78 is 6.03. The second kappa shape index (κ2) is 5.73. The van der Waals surface area contributed by atoms with Crippen LogP contribution in [0.3, 0.4) is 0 Å². The van der Waals surface area contributed by atoms with Gasteiger partial charge in [-0.1, -0.05) is 22.0 Å². The quantitative estimate of drug-likeness (QED) is 0.818. The van der Waals surface area contributed by atoms with E-state index in [2.05, 4.69) is 25.9 Å². The summed E-state index contributed by atoms with van der Waals surface area (Å²) in [6.45, 7) is 2.08. The van der Waals surface area contributed by atoms with E-state index in [4.69, 9.17) is 4.74 Å². The molecule has 0 aliphatic carbocycles. The first kappa shape index (κ1) is 12.7. The van der Waals surface area contributed by atoms with Crippen molar-refractivity contribution in [3.63, 3.8) is 0 Å². The first-order valence-electron chi connectivity index (χ1n) is 5.35. The lowest BCUT2D eigenvalue weighted by molar-refractivity contribution is 0.0467. The van der Waals surface area contributed by atoms with Crippen molar-refractivity contribution < 1.29 is 9.53 Å². The highest BCUT2D eigenvalue weighted by atomic mass is 79.9. The molecule has 0 radical (unpaired) electrons. The average molecular weight is 307 g/mol. The third-order valence-electron chi connectivity index (χ3n) is 2.38. The van der Waals surface area contributed by atoms with Crippen LogP contribution in [0.5, 0.6) is 0 Å². The van der Waals surface area contributed by atoms with Gasteiger partial charge in [-0.15, -0.1) is 0 Å². The molecule has 0 unspecified atom stereocenters. The number of hydrogen-bond donors (Lipinski definition) is 0. The van der Waals surface area contributed by atoms with Crippen molar-refractivity contribution >= 4 is 21.9 Å². The van der Waals surface area contributed by atoms with E-state index in [0.29, 0.717) is 11.3 Å². The Balaban J connectivity index is 2.02. The lowest BCUT2D eigenvalue weighted by atomic mass is 10.1. The highest BCUT2D eigenvalue weighted by Crippen LogP contribution is 2.18. The van der Waals surface area contributed by atoms with Gasteiger partial charge in [0.1, 0.15) is 6.61 Å². The standard InChI is InChI=1S/C13H11BrN2O2/c1-9-2-3-10(6-12(9)14)13(17)18-8-11-7-15-4-5-16-11/h2-7H,8H2,1H3. The maximum Gasteiger partial charge on any atom is 0.338 e. The van der Waals surface area contributed by atoms with E-state index in [1.165, 1.54) is 0 Å². The van der Waals surface area contributed by atoms with Crippen LogP contribution in [0.2, 0.25) is 0 Å². The molecule has 2 rings (SSSR count). The maximum atomic E-state index is 11.8. The maximum absolute atomic E-state index is 11.8. The van der Waals surface area contributed by atoms with E-state index in [1.54, 1.807) is 30.7 Å². The molecular formula is C13H11BrN2O2. The van der Waals surface area contributed by atoms with E-state index in [9.17, 15) is 4.79 Å². The van der Waals surface area contributed by atoms with Crippen molar-refractivity contribution in [1.29, 1.82) is 0 Å². The SMILES string of the molecule is Cc1ccc(C(=O)OCc2cnccn2)cc1Br. The summed E-state index contributed by atoms with van der Waals surface area (Å²) in [4.78, 5) is 19.7. The van der Waals surface area contributed by atoms with Gasteiger partial charge < -0.3 is 4.74 Å². The molecule has 0 amide bonds. The number of rotatable bonds is 3. The Labute approximate surface area is 113 Å². The van der Waals surface area contributed by atoms with Crippen molar-refractivity contribution in [1.82, 2.24) is 9.97 Å². The first-order chi connectivity index (χ1) is 8.66. The Morgan fingerprint density at radius 3 is 2.89 bits per heavy atom. The van der Waals surface area contributed by atoms with Crippen LogP contribution in [-0.2, 0) is 11.3 Å². The number of benzene rings is 1. The van der Waals surface area contributed by atoms with E-state index >= 15 is 0 Å². The van der Waals surface area contributed by atoms with Crippen LogP contribution in [-0.4, -0.2) is 15.9 Å². The number of halogens is 1. The summed E-state index contributed by atoms with van der Waals surface area (Å²) >= 11 is 3.38. The fraction of sp³-hybridized carbons (Fsp3) is 0.154. The second-order valence-electron chi connectivity index (χ2n) is 3.74. The number of carbonyl (C=O) groups is 1. The van der Waals surface area contributed by atoms with Gasteiger partial charge in [0.25, 0.3) is 0 Å². The molecule has 92 valence electrons. The zero-order valence-electron chi connectivity index (χ0n) is 9.76. The summed E-state index contributed by atoms with van der Waals surface area (Å²) in [7, 11) is 0. The summed E-state index contributed by atoms with van der Waals surface area (Å²) in [5, 5.41) is 0. The van der Waals surface area contributed by atoms with Gasteiger partial charge in [0, 0.05) is 16.9 Å². The number of nitrogens with zero attached hydrogens (tertiary/aromatic N) is 2. The fourth-order valence-corrected chi connectivity index (χ4v) is 1.73. The molecule has 0 atom stereocenters. The molecule has 0 N–H and O–H groups in total. The second-order valence-corrected chi connectivity index (χ2v) is 4.59. The first-order valence-corrected chi connectivity index (χ1v) is 6.14. The molecule has 1 aromatic heterocycles. The van der Waals surface area contributed by atoms with Crippen molar-refractivity contribution in [2.45, 2.75) is 13.5 Å². The highest BCUT2D eigenvalue weighted by Gasteiger charge is 2.09. The Bertz CT molecular complexity index is 558. The van der Waals surface area contributed by atoms with Crippen LogP contribution in [0.25, 0.3) is 0 Å². The molecule has 4 nitrogen and oxygen atoms in total. The van der Waals surface area contributed by atoms with Gasteiger partial charge in [-0.3, -0.25) is 9.97 Å². The van der Waals surface area contributed by atoms with Gasteiger partial charge in [0.15, 0.2) is 0 Å². The summed E-state index contributed by atoms with van der Waals surface area (Å²) in [6.07, 6.45) is 4.70. The van der Waals surface area contributed by atoms with E-state index in [-0.39, 0.29) is 12.6 Å². The van der Waals surface area contributed by atoms with Crippen LogP contribution in [0, 0.1) is 6.92 Å². The smallest absolute Gasteiger partial charge is 0.338 e. The van der Waals surface area contributed by atoms with Gasteiger partial charge in [-0.05, 0) is 24.6 Å². The Morgan fingerprint density at radius 2 is 2.22 bits per heavy atom. The molecule has 1 heterocycles. The van der Waals surface area contributed by atoms with Gasteiger partial charge in [0.2, 0.25) is 0 Å². The number of carbonyl (C=O) groups excluding carboxylic acids is 1. The van der Waals surface area contributed by atoms with Crippen molar-refractivity contribution in [3.05, 3.63) is 58.1 Å². The van der Waals surface area contributed by atoms with Gasteiger partial charge in [0.05, 0.1) is 17.5 Å². The molecule has 1 aromatic carbocycles. The zero-order chi connectivity index (χ0) is 13.0. The molecule has 0 saturated heterocycles. The number of aromatic nitrogens is 2.